The van der Waals surface area contributed by atoms with Crippen LogP contribution in [0, 0.1) is 5.92 Å². The van der Waals surface area contributed by atoms with Gasteiger partial charge < -0.3 is 21.1 Å². The second kappa shape index (κ2) is 10.0. The first kappa shape index (κ1) is 20.2. The van der Waals surface area contributed by atoms with Gasteiger partial charge in [-0.25, -0.2) is 0 Å². The summed E-state index contributed by atoms with van der Waals surface area (Å²) in [6, 6.07) is -0.255. The molecule has 0 heterocycles. The van der Waals surface area contributed by atoms with Crippen LogP contribution in [0.2, 0.25) is 0 Å². The summed E-state index contributed by atoms with van der Waals surface area (Å²) in [4.78, 5) is 23.4. The molecule has 0 radical (unpaired) electrons. The Morgan fingerprint density at radius 2 is 1.95 bits per heavy atom. The first-order valence-electron chi connectivity index (χ1n) is 7.15. The molecule has 0 fully saturated rings. The molecule has 1 unspecified atom stereocenters. The van der Waals surface area contributed by atoms with Crippen molar-refractivity contribution >= 4 is 23.6 Å². The van der Waals surface area contributed by atoms with Crippen LogP contribution in [-0.4, -0.2) is 55.2 Å². The zero-order valence-corrected chi connectivity index (χ0v) is 14.5. The van der Waals surface area contributed by atoms with Crippen LogP contribution < -0.4 is 16.4 Å². The number of rotatable bonds is 10. The summed E-state index contributed by atoms with van der Waals surface area (Å²) in [6.45, 7) is 9.54. The highest BCUT2D eigenvalue weighted by atomic mass is 32.2. The van der Waals surface area contributed by atoms with E-state index < -0.39 is 0 Å². The third-order valence-electron chi connectivity index (χ3n) is 2.95. The molecule has 0 rings (SSSR count). The average Bonchev–Trinajstić information content (AvgIpc) is 2.42. The van der Waals surface area contributed by atoms with E-state index in [0.29, 0.717) is 19.6 Å². The van der Waals surface area contributed by atoms with Crippen molar-refractivity contribution in [2.24, 2.45) is 11.7 Å². The molecular weight excluding hydrogens is 290 g/mol. The van der Waals surface area contributed by atoms with Gasteiger partial charge in [0, 0.05) is 24.4 Å². The monoisotopic (exact) mass is 319 g/mol. The molecule has 6 nitrogen and oxygen atoms in total. The van der Waals surface area contributed by atoms with E-state index in [1.807, 2.05) is 27.7 Å². The Bertz CT molecular complexity index is 335. The number of carbonyl (C=O) groups excluding carboxylic acids is 2. The van der Waals surface area contributed by atoms with Gasteiger partial charge in [0.05, 0.1) is 18.9 Å². The van der Waals surface area contributed by atoms with Gasteiger partial charge >= 0.3 is 5.97 Å². The van der Waals surface area contributed by atoms with Gasteiger partial charge in [-0.1, -0.05) is 13.8 Å². The molecule has 1 atom stereocenters. The summed E-state index contributed by atoms with van der Waals surface area (Å²) in [5.74, 6) is 0.162. The summed E-state index contributed by atoms with van der Waals surface area (Å²) in [5, 5.41) is 6.09. The molecule has 0 saturated carbocycles. The molecule has 1 amide bonds. The number of hydrogen-bond donors (Lipinski definition) is 3. The van der Waals surface area contributed by atoms with Crippen molar-refractivity contribution in [3.63, 3.8) is 0 Å². The molecule has 0 aliphatic rings. The molecule has 4 N–H and O–H groups in total. The Hall–Kier alpha value is -0.790. The topological polar surface area (TPSA) is 93.4 Å². The fraction of sp³-hybridized carbons (Fsp3) is 0.857. The lowest BCUT2D eigenvalue weighted by molar-refractivity contribution is -0.137. The highest BCUT2D eigenvalue weighted by Gasteiger charge is 2.25. The fourth-order valence-electron chi connectivity index (χ4n) is 1.64. The van der Waals surface area contributed by atoms with E-state index in [1.165, 1.54) is 18.9 Å². The van der Waals surface area contributed by atoms with Gasteiger partial charge in [-0.2, -0.15) is 0 Å². The van der Waals surface area contributed by atoms with E-state index in [2.05, 4.69) is 15.4 Å². The van der Waals surface area contributed by atoms with Crippen molar-refractivity contribution in [3.05, 3.63) is 0 Å². The van der Waals surface area contributed by atoms with Gasteiger partial charge in [-0.3, -0.25) is 9.59 Å². The summed E-state index contributed by atoms with van der Waals surface area (Å²) in [5.41, 5.74) is 5.46. The van der Waals surface area contributed by atoms with E-state index in [0.717, 1.165) is 0 Å². The first-order valence-corrected chi connectivity index (χ1v) is 8.14. The number of hydrogen-bond acceptors (Lipinski definition) is 6. The van der Waals surface area contributed by atoms with Crippen LogP contribution in [0.5, 0.6) is 0 Å². The summed E-state index contributed by atoms with van der Waals surface area (Å²) < 4.78 is 4.38. The molecule has 0 aliphatic heterocycles. The smallest absolute Gasteiger partial charge is 0.315 e. The Morgan fingerprint density at radius 3 is 2.43 bits per heavy atom. The lowest BCUT2D eigenvalue weighted by atomic mass is 10.0. The van der Waals surface area contributed by atoms with Crippen LogP contribution >= 0.6 is 11.8 Å². The predicted octanol–water partition coefficient (Wildman–Crippen LogP) is 0.360. The van der Waals surface area contributed by atoms with Gasteiger partial charge in [-0.15, -0.1) is 11.8 Å². The maximum absolute atomic E-state index is 12.2. The van der Waals surface area contributed by atoms with E-state index in [-0.39, 0.29) is 34.3 Å². The molecule has 0 aliphatic carbocycles. The van der Waals surface area contributed by atoms with Crippen LogP contribution in [0.25, 0.3) is 0 Å². The van der Waals surface area contributed by atoms with Crippen molar-refractivity contribution in [2.45, 2.75) is 38.5 Å². The number of amides is 1. The molecule has 0 bridgehead atoms. The van der Waals surface area contributed by atoms with E-state index >= 15 is 0 Å². The van der Waals surface area contributed by atoms with Gasteiger partial charge in [-0.05, 0) is 19.8 Å². The number of nitrogens with two attached hydrogens (primary N) is 1. The summed E-state index contributed by atoms with van der Waals surface area (Å²) in [7, 11) is 1.37. The maximum atomic E-state index is 12.2. The van der Waals surface area contributed by atoms with Crippen molar-refractivity contribution in [1.29, 1.82) is 0 Å². The first-order chi connectivity index (χ1) is 9.73. The van der Waals surface area contributed by atoms with Gasteiger partial charge in [0.25, 0.3) is 0 Å². The van der Waals surface area contributed by atoms with E-state index in [4.69, 9.17) is 5.73 Å². The second-order valence-corrected chi connectivity index (χ2v) is 7.49. The predicted molar refractivity (Wildman–Crippen MR) is 87.2 cm³/mol. The van der Waals surface area contributed by atoms with Crippen molar-refractivity contribution < 1.29 is 14.3 Å². The Morgan fingerprint density at radius 1 is 1.33 bits per heavy atom. The summed E-state index contributed by atoms with van der Waals surface area (Å²) in [6.07, 6.45) is 0. The Labute approximate surface area is 131 Å². The molecular formula is C14H29N3O3S. The standard InChI is InChI=1S/C14H29N3O3S/c1-10(2)12(16-7-6-15)13(19)17-9-14(3,4)21-8-11(18)20-5/h10,12,16H,6-9,15H2,1-5H3,(H,17,19). The molecule has 124 valence electrons. The zero-order valence-electron chi connectivity index (χ0n) is 13.7. The lowest BCUT2D eigenvalue weighted by Crippen LogP contribution is -2.51. The minimum atomic E-state index is -0.260. The Balaban J connectivity index is 4.32. The van der Waals surface area contributed by atoms with Crippen molar-refractivity contribution in [2.75, 3.05) is 32.5 Å². The molecule has 0 aromatic heterocycles. The third-order valence-corrected chi connectivity index (χ3v) is 4.26. The third kappa shape index (κ3) is 8.95. The number of esters is 1. The number of nitrogens with one attached hydrogen (secondary N) is 2. The lowest BCUT2D eigenvalue weighted by Gasteiger charge is -2.27. The minimum Gasteiger partial charge on any atom is -0.468 e. The molecule has 0 aromatic carbocycles. The van der Waals surface area contributed by atoms with Gasteiger partial charge in [0.15, 0.2) is 0 Å². The summed E-state index contributed by atoms with van der Waals surface area (Å²) >= 11 is 1.46. The zero-order chi connectivity index (χ0) is 16.5. The maximum Gasteiger partial charge on any atom is 0.315 e. The van der Waals surface area contributed by atoms with Crippen LogP contribution in [-0.2, 0) is 14.3 Å². The van der Waals surface area contributed by atoms with Gasteiger partial charge in [0.2, 0.25) is 5.91 Å². The second-order valence-electron chi connectivity index (χ2n) is 5.81. The molecule has 21 heavy (non-hydrogen) atoms. The van der Waals surface area contributed by atoms with Crippen LogP contribution in [0.1, 0.15) is 27.7 Å². The number of methoxy groups -OCH3 is 1. The quantitative estimate of drug-likeness (QED) is 0.504. The fourth-order valence-corrected chi connectivity index (χ4v) is 2.44. The Kier molecular flexibility index (Phi) is 9.65. The van der Waals surface area contributed by atoms with Crippen molar-refractivity contribution in [3.8, 4) is 0 Å². The van der Waals surface area contributed by atoms with E-state index in [9.17, 15) is 9.59 Å². The highest BCUT2D eigenvalue weighted by Crippen LogP contribution is 2.23. The van der Waals surface area contributed by atoms with Crippen LogP contribution in [0.4, 0.5) is 0 Å². The minimum absolute atomic E-state index is 0.0369. The number of ether oxygens (including phenoxy) is 1. The van der Waals surface area contributed by atoms with E-state index in [1.54, 1.807) is 0 Å². The van der Waals surface area contributed by atoms with Gasteiger partial charge in [0.1, 0.15) is 0 Å². The van der Waals surface area contributed by atoms with Crippen LogP contribution in [0.3, 0.4) is 0 Å². The molecule has 0 spiro atoms. The normalized spacial score (nSPS) is 13.1. The molecule has 0 aromatic rings. The molecule has 7 heteroatoms. The van der Waals surface area contributed by atoms with Crippen molar-refractivity contribution in [1.82, 2.24) is 10.6 Å². The largest absolute Gasteiger partial charge is 0.468 e. The van der Waals surface area contributed by atoms with Crippen LogP contribution in [0.15, 0.2) is 0 Å². The highest BCUT2D eigenvalue weighted by molar-refractivity contribution is 8.01. The number of carbonyl (C=O) groups is 2. The molecule has 0 saturated heterocycles. The average molecular weight is 319 g/mol. The number of thioether (sulfide) groups is 1. The SMILES string of the molecule is COC(=O)CSC(C)(C)CNC(=O)C(NCCN)C(C)C.